The first-order valence-electron chi connectivity index (χ1n) is 2.70. The van der Waals surface area contributed by atoms with Gasteiger partial charge in [-0.25, -0.2) is 0 Å². The van der Waals surface area contributed by atoms with Gasteiger partial charge in [-0.3, -0.25) is 0 Å². The maximum Gasteiger partial charge on any atom is 2.00 e. The maximum atomic E-state index is 10.00. The third-order valence-corrected chi connectivity index (χ3v) is 0.935. The minimum absolute atomic E-state index is 0. The standard InChI is InChI=1S/C6H8O4.Ca/c1-2-4(6(9)10)3-5(7)8;/h3H,2H2,1H3,(H,7,8)(H,9,10);/q;+2/p-2/b4-3+;. The molecular formula is C6H6CaO4. The normalized spacial score (nSPS) is 10.1. The fourth-order valence-corrected chi connectivity index (χ4v) is 0.448. The van der Waals surface area contributed by atoms with Crippen molar-refractivity contribution in [1.29, 1.82) is 0 Å². The summed E-state index contributed by atoms with van der Waals surface area (Å²) < 4.78 is 0. The molecule has 0 rings (SSSR count). The Morgan fingerprint density at radius 3 is 1.91 bits per heavy atom. The summed E-state index contributed by atoms with van der Waals surface area (Å²) in [5.41, 5.74) is -0.264. The van der Waals surface area contributed by atoms with Gasteiger partial charge < -0.3 is 19.8 Å². The van der Waals surface area contributed by atoms with E-state index in [2.05, 4.69) is 0 Å². The smallest absolute Gasteiger partial charge is 0.545 e. The quantitative estimate of drug-likeness (QED) is 0.355. The van der Waals surface area contributed by atoms with Crippen LogP contribution < -0.4 is 10.2 Å². The Kier molecular flexibility index (Phi) is 8.16. The Balaban J connectivity index is 0. The fraction of sp³-hybridized carbons (Fsp3) is 0.333. The number of rotatable bonds is 3. The van der Waals surface area contributed by atoms with E-state index in [-0.39, 0.29) is 49.7 Å². The van der Waals surface area contributed by atoms with Crippen LogP contribution in [0.2, 0.25) is 0 Å². The van der Waals surface area contributed by atoms with Crippen LogP contribution in [-0.4, -0.2) is 49.7 Å². The monoisotopic (exact) mass is 182 g/mol. The predicted molar refractivity (Wildman–Crippen MR) is 34.1 cm³/mol. The topological polar surface area (TPSA) is 80.3 Å². The van der Waals surface area contributed by atoms with E-state index in [4.69, 9.17) is 0 Å². The van der Waals surface area contributed by atoms with E-state index in [0.29, 0.717) is 6.08 Å². The first-order valence-corrected chi connectivity index (χ1v) is 2.70. The molecule has 0 bridgehead atoms. The van der Waals surface area contributed by atoms with Gasteiger partial charge in [-0.15, -0.1) is 0 Å². The van der Waals surface area contributed by atoms with Crippen molar-refractivity contribution in [3.63, 3.8) is 0 Å². The summed E-state index contributed by atoms with van der Waals surface area (Å²) in [6.45, 7) is 1.52. The minimum atomic E-state index is -1.51. The van der Waals surface area contributed by atoms with Gasteiger partial charge in [0.1, 0.15) is 0 Å². The van der Waals surface area contributed by atoms with Crippen LogP contribution in [0.1, 0.15) is 13.3 Å². The number of carboxylic acid groups (broad SMARTS) is 2. The molecule has 0 aliphatic rings. The summed E-state index contributed by atoms with van der Waals surface area (Å²) in [7, 11) is 0. The summed E-state index contributed by atoms with van der Waals surface area (Å²) in [5.74, 6) is -2.98. The van der Waals surface area contributed by atoms with Crippen molar-refractivity contribution < 1.29 is 19.8 Å². The average molecular weight is 182 g/mol. The predicted octanol–water partition coefficient (Wildman–Crippen LogP) is -2.56. The van der Waals surface area contributed by atoms with Gasteiger partial charge in [0.15, 0.2) is 0 Å². The third kappa shape index (κ3) is 6.34. The van der Waals surface area contributed by atoms with E-state index in [1.807, 2.05) is 0 Å². The fourth-order valence-electron chi connectivity index (χ4n) is 0.448. The van der Waals surface area contributed by atoms with E-state index in [1.165, 1.54) is 6.92 Å². The zero-order valence-electron chi connectivity index (χ0n) is 6.12. The van der Waals surface area contributed by atoms with Crippen molar-refractivity contribution in [3.8, 4) is 0 Å². The van der Waals surface area contributed by atoms with E-state index in [0.717, 1.165) is 0 Å². The first-order chi connectivity index (χ1) is 4.57. The van der Waals surface area contributed by atoms with Crippen LogP contribution >= 0.6 is 0 Å². The molecule has 0 heterocycles. The second-order valence-corrected chi connectivity index (χ2v) is 1.63. The van der Waals surface area contributed by atoms with Crippen LogP contribution in [0.5, 0.6) is 0 Å². The van der Waals surface area contributed by atoms with Crippen molar-refractivity contribution in [3.05, 3.63) is 11.6 Å². The van der Waals surface area contributed by atoms with Gasteiger partial charge in [0, 0.05) is 0 Å². The second-order valence-electron chi connectivity index (χ2n) is 1.63. The van der Waals surface area contributed by atoms with Gasteiger partial charge in [0.05, 0.1) is 11.9 Å². The Labute approximate surface area is 93.9 Å². The molecule has 0 aliphatic heterocycles. The number of carbonyl (C=O) groups is 2. The summed E-state index contributed by atoms with van der Waals surface area (Å²) in [6.07, 6.45) is 0.644. The Bertz CT molecular complexity index is 185. The molecule has 0 atom stereocenters. The van der Waals surface area contributed by atoms with E-state index in [9.17, 15) is 19.8 Å². The molecule has 11 heavy (non-hydrogen) atoms. The number of hydrogen-bond acceptors (Lipinski definition) is 4. The second kappa shape index (κ2) is 6.64. The SMILES string of the molecule is CC/C(=C\C(=O)[O-])C(=O)[O-].[Ca+2]. The van der Waals surface area contributed by atoms with Gasteiger partial charge >= 0.3 is 37.7 Å². The van der Waals surface area contributed by atoms with Crippen LogP contribution in [-0.2, 0) is 9.59 Å². The molecule has 0 aromatic rings. The Hall–Kier alpha value is -0.0603. The molecule has 0 amide bonds. The Morgan fingerprint density at radius 2 is 1.82 bits per heavy atom. The Morgan fingerprint density at radius 1 is 1.36 bits per heavy atom. The number of carbonyl (C=O) groups excluding carboxylic acids is 2. The van der Waals surface area contributed by atoms with Crippen molar-refractivity contribution in [2.75, 3.05) is 0 Å². The van der Waals surface area contributed by atoms with Crippen molar-refractivity contribution in [1.82, 2.24) is 0 Å². The molecule has 0 aromatic heterocycles. The van der Waals surface area contributed by atoms with Gasteiger partial charge in [0.25, 0.3) is 0 Å². The van der Waals surface area contributed by atoms with E-state index >= 15 is 0 Å². The molecule has 5 heteroatoms. The van der Waals surface area contributed by atoms with Gasteiger partial charge in [-0.1, -0.05) is 6.92 Å². The molecule has 0 fully saturated rings. The average Bonchev–Trinajstić information content (AvgIpc) is 1.81. The van der Waals surface area contributed by atoms with Crippen molar-refractivity contribution in [2.45, 2.75) is 13.3 Å². The van der Waals surface area contributed by atoms with E-state index < -0.39 is 11.9 Å². The maximum absolute atomic E-state index is 10.00. The van der Waals surface area contributed by atoms with Crippen LogP contribution in [0.25, 0.3) is 0 Å². The molecule has 56 valence electrons. The molecular weight excluding hydrogens is 176 g/mol. The largest absolute Gasteiger partial charge is 2.00 e. The summed E-state index contributed by atoms with van der Waals surface area (Å²) in [6, 6.07) is 0. The van der Waals surface area contributed by atoms with Gasteiger partial charge in [0.2, 0.25) is 0 Å². The number of hydrogen-bond donors (Lipinski definition) is 0. The van der Waals surface area contributed by atoms with Crippen molar-refractivity contribution >= 4 is 49.7 Å². The van der Waals surface area contributed by atoms with Crippen LogP contribution in [0.3, 0.4) is 0 Å². The van der Waals surface area contributed by atoms with Gasteiger partial charge in [-0.05, 0) is 18.1 Å². The molecule has 0 spiro atoms. The first kappa shape index (κ1) is 13.5. The summed E-state index contributed by atoms with van der Waals surface area (Å²) in [4.78, 5) is 19.8. The molecule has 0 saturated carbocycles. The molecule has 0 unspecified atom stereocenters. The van der Waals surface area contributed by atoms with Crippen molar-refractivity contribution in [2.24, 2.45) is 0 Å². The van der Waals surface area contributed by atoms with E-state index in [1.54, 1.807) is 0 Å². The molecule has 0 N–H and O–H groups in total. The van der Waals surface area contributed by atoms with Crippen LogP contribution in [0.4, 0.5) is 0 Å². The molecule has 0 aliphatic carbocycles. The van der Waals surface area contributed by atoms with Crippen LogP contribution in [0.15, 0.2) is 11.6 Å². The minimum Gasteiger partial charge on any atom is -0.545 e. The summed E-state index contributed by atoms with van der Waals surface area (Å²) in [5, 5.41) is 19.8. The van der Waals surface area contributed by atoms with Gasteiger partial charge in [-0.2, -0.15) is 0 Å². The zero-order valence-corrected chi connectivity index (χ0v) is 8.33. The third-order valence-electron chi connectivity index (χ3n) is 0.935. The number of carboxylic acids is 2. The molecule has 0 radical (unpaired) electrons. The molecule has 0 saturated heterocycles. The zero-order chi connectivity index (χ0) is 8.15. The molecule has 0 aromatic carbocycles. The molecule has 4 nitrogen and oxygen atoms in total. The number of aliphatic carboxylic acids is 2. The summed E-state index contributed by atoms with van der Waals surface area (Å²) >= 11 is 0. The van der Waals surface area contributed by atoms with Crippen LogP contribution in [0, 0.1) is 0 Å².